The predicted molar refractivity (Wildman–Crippen MR) is 105 cm³/mol. The normalized spacial score (nSPS) is 11.4. The summed E-state index contributed by atoms with van der Waals surface area (Å²) >= 11 is 0. The van der Waals surface area contributed by atoms with E-state index in [1.165, 1.54) is 42.6 Å². The van der Waals surface area contributed by atoms with Crippen LogP contribution >= 0.6 is 0 Å². The minimum absolute atomic E-state index is 0.00194. The van der Waals surface area contributed by atoms with E-state index in [4.69, 9.17) is 4.74 Å². The molecule has 0 amide bonds. The Morgan fingerprint density at radius 2 is 1.77 bits per heavy atom. The van der Waals surface area contributed by atoms with Gasteiger partial charge >= 0.3 is 12.4 Å². The third kappa shape index (κ3) is 7.10. The van der Waals surface area contributed by atoms with Crippen molar-refractivity contribution >= 4 is 23.8 Å². The van der Waals surface area contributed by atoms with E-state index in [2.05, 4.69) is 35.5 Å². The van der Waals surface area contributed by atoms with Gasteiger partial charge in [0.2, 0.25) is 5.95 Å². The van der Waals surface area contributed by atoms with E-state index < -0.39 is 12.1 Å². The van der Waals surface area contributed by atoms with Crippen LogP contribution in [0.2, 0.25) is 0 Å². The number of nitrogens with one attached hydrogen (secondary N) is 2. The highest BCUT2D eigenvalue weighted by molar-refractivity contribution is 5.79. The maximum Gasteiger partial charge on any atom is 0.573 e. The molecule has 1 heterocycles. The van der Waals surface area contributed by atoms with Crippen molar-refractivity contribution < 1.29 is 27.0 Å². The molecule has 0 radical (unpaired) electrons. The second-order valence-corrected chi connectivity index (χ2v) is 5.82. The van der Waals surface area contributed by atoms with Crippen molar-refractivity contribution in [2.75, 3.05) is 17.3 Å². The lowest BCUT2D eigenvalue weighted by atomic mass is 10.2. The summed E-state index contributed by atoms with van der Waals surface area (Å²) in [4.78, 5) is 12.2. The monoisotopic (exact) mass is 436 g/mol. The van der Waals surface area contributed by atoms with E-state index in [-0.39, 0.29) is 36.0 Å². The van der Waals surface area contributed by atoms with Crippen LogP contribution in [-0.4, -0.2) is 34.1 Å². The van der Waals surface area contributed by atoms with Gasteiger partial charge in [-0.1, -0.05) is 18.2 Å². The first kappa shape index (κ1) is 21.7. The highest BCUT2D eigenvalue weighted by atomic mass is 19.4. The first-order chi connectivity index (χ1) is 14.8. The standard InChI is InChI=1S/C19H16F4N6O2/c1-2-30-18-27-16(25-14-4-3-5-15(10-14)31-19(21,22)23)26-17(28-18)29-24-11-12-6-8-13(20)9-7-12/h3-11H,2H2,1H3,(H2,25,26,27,28,29)/b24-11+. The van der Waals surface area contributed by atoms with E-state index in [9.17, 15) is 17.6 Å². The van der Waals surface area contributed by atoms with Crippen LogP contribution in [0, 0.1) is 5.82 Å². The van der Waals surface area contributed by atoms with Crippen LogP contribution in [0.3, 0.4) is 0 Å². The summed E-state index contributed by atoms with van der Waals surface area (Å²) in [6.45, 7) is 2.01. The molecule has 3 aromatic rings. The second kappa shape index (κ2) is 9.69. The summed E-state index contributed by atoms with van der Waals surface area (Å²) in [5.41, 5.74) is 3.47. The molecular formula is C19H16F4N6O2. The van der Waals surface area contributed by atoms with E-state index in [1.54, 1.807) is 6.92 Å². The van der Waals surface area contributed by atoms with Crippen LogP contribution in [0.15, 0.2) is 53.6 Å². The molecule has 12 heteroatoms. The molecular weight excluding hydrogens is 420 g/mol. The molecule has 0 atom stereocenters. The molecule has 1 aromatic heterocycles. The summed E-state index contributed by atoms with van der Waals surface area (Å²) < 4.78 is 59.4. The van der Waals surface area contributed by atoms with Crippen molar-refractivity contribution in [3.8, 4) is 11.8 Å². The molecule has 0 aliphatic carbocycles. The first-order valence-corrected chi connectivity index (χ1v) is 8.87. The lowest BCUT2D eigenvalue weighted by Gasteiger charge is -2.11. The number of ether oxygens (including phenoxy) is 2. The van der Waals surface area contributed by atoms with Crippen molar-refractivity contribution in [3.63, 3.8) is 0 Å². The van der Waals surface area contributed by atoms with Crippen molar-refractivity contribution in [3.05, 3.63) is 59.9 Å². The zero-order chi connectivity index (χ0) is 22.3. The van der Waals surface area contributed by atoms with Gasteiger partial charge in [0, 0.05) is 11.8 Å². The number of halogens is 4. The van der Waals surface area contributed by atoms with E-state index in [1.807, 2.05) is 0 Å². The van der Waals surface area contributed by atoms with Crippen molar-refractivity contribution in [2.45, 2.75) is 13.3 Å². The highest BCUT2D eigenvalue weighted by Crippen LogP contribution is 2.26. The Labute approximate surface area is 174 Å². The van der Waals surface area contributed by atoms with Gasteiger partial charge in [-0.25, -0.2) is 9.82 Å². The van der Waals surface area contributed by atoms with Crippen LogP contribution in [-0.2, 0) is 0 Å². The van der Waals surface area contributed by atoms with Crippen LogP contribution in [0.5, 0.6) is 11.8 Å². The molecule has 0 spiro atoms. The minimum Gasteiger partial charge on any atom is -0.464 e. The zero-order valence-corrected chi connectivity index (χ0v) is 16.0. The van der Waals surface area contributed by atoms with E-state index >= 15 is 0 Å². The van der Waals surface area contributed by atoms with Gasteiger partial charge in [0.1, 0.15) is 11.6 Å². The molecule has 162 valence electrons. The van der Waals surface area contributed by atoms with Crippen molar-refractivity contribution in [1.82, 2.24) is 15.0 Å². The Hall–Kier alpha value is -3.96. The van der Waals surface area contributed by atoms with Crippen LogP contribution in [0.4, 0.5) is 35.1 Å². The van der Waals surface area contributed by atoms with Gasteiger partial charge in [-0.05, 0) is 36.8 Å². The molecule has 0 aliphatic heterocycles. The average Bonchev–Trinajstić information content (AvgIpc) is 2.69. The molecule has 0 fully saturated rings. The van der Waals surface area contributed by atoms with Gasteiger partial charge in [-0.2, -0.15) is 20.1 Å². The fraction of sp³-hybridized carbons (Fsp3) is 0.158. The molecule has 8 nitrogen and oxygen atoms in total. The molecule has 0 bridgehead atoms. The first-order valence-electron chi connectivity index (χ1n) is 8.87. The lowest BCUT2D eigenvalue weighted by Crippen LogP contribution is -2.17. The maximum atomic E-state index is 12.9. The van der Waals surface area contributed by atoms with Gasteiger partial charge in [0.25, 0.3) is 5.95 Å². The second-order valence-electron chi connectivity index (χ2n) is 5.82. The minimum atomic E-state index is -4.81. The number of benzene rings is 2. The Kier molecular flexibility index (Phi) is 6.80. The van der Waals surface area contributed by atoms with E-state index in [0.29, 0.717) is 5.56 Å². The van der Waals surface area contributed by atoms with Crippen molar-refractivity contribution in [2.24, 2.45) is 5.10 Å². The Bertz CT molecular complexity index is 1040. The number of aromatic nitrogens is 3. The fourth-order valence-corrected chi connectivity index (χ4v) is 2.27. The van der Waals surface area contributed by atoms with Crippen LogP contribution < -0.4 is 20.2 Å². The van der Waals surface area contributed by atoms with Crippen LogP contribution in [0.25, 0.3) is 0 Å². The number of nitrogens with zero attached hydrogens (tertiary/aromatic N) is 4. The SMILES string of the molecule is CCOc1nc(N/N=C/c2ccc(F)cc2)nc(Nc2cccc(OC(F)(F)F)c2)n1. The fourth-order valence-electron chi connectivity index (χ4n) is 2.27. The van der Waals surface area contributed by atoms with Gasteiger partial charge in [-0.3, -0.25) is 0 Å². The smallest absolute Gasteiger partial charge is 0.464 e. The van der Waals surface area contributed by atoms with Crippen molar-refractivity contribution in [1.29, 1.82) is 0 Å². The van der Waals surface area contributed by atoms with Gasteiger partial charge < -0.3 is 14.8 Å². The number of anilines is 3. The molecule has 2 N–H and O–H groups in total. The predicted octanol–water partition coefficient (Wildman–Crippen LogP) is 4.50. The summed E-state index contributed by atoms with van der Waals surface area (Å²) in [6.07, 6.45) is -3.39. The largest absolute Gasteiger partial charge is 0.573 e. The lowest BCUT2D eigenvalue weighted by molar-refractivity contribution is -0.274. The van der Waals surface area contributed by atoms with Crippen LogP contribution in [0.1, 0.15) is 12.5 Å². The summed E-state index contributed by atoms with van der Waals surface area (Å²) in [7, 11) is 0. The molecule has 2 aromatic carbocycles. The maximum absolute atomic E-state index is 12.9. The quantitative estimate of drug-likeness (QED) is 0.305. The van der Waals surface area contributed by atoms with E-state index in [0.717, 1.165) is 12.1 Å². The summed E-state index contributed by atoms with van der Waals surface area (Å²) in [5, 5.41) is 6.73. The third-order valence-corrected chi connectivity index (χ3v) is 3.46. The summed E-state index contributed by atoms with van der Waals surface area (Å²) in [5.74, 6) is -0.757. The number of hydrazone groups is 1. The Balaban J connectivity index is 1.76. The number of alkyl halides is 3. The van der Waals surface area contributed by atoms with Gasteiger partial charge in [0.15, 0.2) is 0 Å². The molecule has 0 unspecified atom stereocenters. The van der Waals surface area contributed by atoms with Gasteiger partial charge in [0.05, 0.1) is 12.8 Å². The number of hydrogen-bond acceptors (Lipinski definition) is 8. The molecule has 31 heavy (non-hydrogen) atoms. The average molecular weight is 436 g/mol. The topological polar surface area (TPSA) is 93.5 Å². The zero-order valence-electron chi connectivity index (χ0n) is 16.0. The molecule has 3 rings (SSSR count). The third-order valence-electron chi connectivity index (χ3n) is 3.46. The molecule has 0 saturated heterocycles. The highest BCUT2D eigenvalue weighted by Gasteiger charge is 2.31. The number of rotatable bonds is 8. The Morgan fingerprint density at radius 3 is 2.48 bits per heavy atom. The number of hydrogen-bond donors (Lipinski definition) is 2. The van der Waals surface area contributed by atoms with Gasteiger partial charge in [-0.15, -0.1) is 13.2 Å². The molecule has 0 saturated carbocycles. The Morgan fingerprint density at radius 1 is 1.03 bits per heavy atom. The summed E-state index contributed by atoms with van der Waals surface area (Å²) in [6, 6.07) is 10.8. The molecule has 0 aliphatic rings.